The second-order valence-electron chi connectivity index (χ2n) is 10.5. The number of nitrogens with zero attached hydrogens (tertiary/aromatic N) is 1. The van der Waals surface area contributed by atoms with Crippen LogP contribution in [0.15, 0.2) is 60.7 Å². The molecule has 4 N–H and O–H groups in total. The van der Waals surface area contributed by atoms with E-state index in [-0.39, 0.29) is 25.3 Å². The second-order valence-corrected chi connectivity index (χ2v) is 10.5. The molecule has 2 rings (SSSR count). The summed E-state index contributed by atoms with van der Waals surface area (Å²) in [6.45, 7) is 7.77. The topological polar surface area (TPSA) is 131 Å². The number of carbonyl (C=O) groups is 4. The zero-order valence-corrected chi connectivity index (χ0v) is 23.4. The number of ether oxygens (including phenoxy) is 1. The maximum atomic E-state index is 14.1. The van der Waals surface area contributed by atoms with Gasteiger partial charge >= 0.3 is 6.09 Å². The Morgan fingerprint density at radius 1 is 0.949 bits per heavy atom. The van der Waals surface area contributed by atoms with Crippen LogP contribution in [0.4, 0.5) is 4.79 Å². The van der Waals surface area contributed by atoms with Gasteiger partial charge in [-0.25, -0.2) is 4.79 Å². The molecule has 0 bridgehead atoms. The van der Waals surface area contributed by atoms with Gasteiger partial charge in [-0.05, 0) is 44.7 Å². The van der Waals surface area contributed by atoms with Crippen LogP contribution in [0.5, 0.6) is 0 Å². The van der Waals surface area contributed by atoms with Gasteiger partial charge in [0.15, 0.2) is 0 Å². The third-order valence-electron chi connectivity index (χ3n) is 5.94. The number of hydrogen-bond donors (Lipinski definition) is 3. The molecule has 9 nitrogen and oxygen atoms in total. The van der Waals surface area contributed by atoms with Gasteiger partial charge in [0.05, 0.1) is 0 Å². The van der Waals surface area contributed by atoms with E-state index in [0.717, 1.165) is 18.4 Å². The molecule has 0 aliphatic carbocycles. The molecular formula is C30H42N4O5. The Kier molecular flexibility index (Phi) is 12.5. The van der Waals surface area contributed by atoms with Crippen molar-refractivity contribution in [1.82, 2.24) is 15.5 Å². The molecule has 0 spiro atoms. The van der Waals surface area contributed by atoms with Gasteiger partial charge in [-0.2, -0.15) is 0 Å². The van der Waals surface area contributed by atoms with Crippen molar-refractivity contribution >= 4 is 23.8 Å². The van der Waals surface area contributed by atoms with Crippen LogP contribution in [-0.2, 0) is 25.7 Å². The number of nitrogens with two attached hydrogens (primary N) is 1. The molecule has 39 heavy (non-hydrogen) atoms. The molecule has 2 unspecified atom stereocenters. The number of unbranched alkanes of at least 4 members (excludes halogenated alkanes) is 2. The third kappa shape index (κ3) is 11.2. The second kappa shape index (κ2) is 15.5. The number of nitrogens with one attached hydrogen (secondary N) is 2. The first-order chi connectivity index (χ1) is 18.5. The highest BCUT2D eigenvalue weighted by Gasteiger charge is 2.36. The van der Waals surface area contributed by atoms with Gasteiger partial charge in [0.25, 0.3) is 0 Å². The molecule has 2 atom stereocenters. The fourth-order valence-corrected chi connectivity index (χ4v) is 4.08. The lowest BCUT2D eigenvalue weighted by Crippen LogP contribution is -2.53. The Hall–Kier alpha value is -3.88. The van der Waals surface area contributed by atoms with Crippen molar-refractivity contribution in [2.24, 2.45) is 5.73 Å². The standard InChI is InChI=1S/C30H42N4O5/c1-5-6-13-20-34(28(37)24(18-19-25(31)35)33-29(38)39-30(2,3)4)26(23-16-11-8-12-17-23)27(36)32-21-22-14-9-7-10-15-22/h7-12,14-17,24,26H,5-6,13,18-21H2,1-4H3,(H2,31,35)(H,32,36)(H,33,38). The van der Waals surface area contributed by atoms with E-state index < -0.39 is 35.6 Å². The number of benzene rings is 2. The van der Waals surface area contributed by atoms with Crippen molar-refractivity contribution in [3.63, 3.8) is 0 Å². The summed E-state index contributed by atoms with van der Waals surface area (Å²) in [6.07, 6.45) is 1.49. The molecule has 0 saturated heterocycles. The van der Waals surface area contributed by atoms with E-state index in [0.29, 0.717) is 18.5 Å². The van der Waals surface area contributed by atoms with Gasteiger partial charge < -0.3 is 26.0 Å². The van der Waals surface area contributed by atoms with Gasteiger partial charge in [-0.1, -0.05) is 80.4 Å². The van der Waals surface area contributed by atoms with Gasteiger partial charge in [-0.15, -0.1) is 0 Å². The Morgan fingerprint density at radius 2 is 1.56 bits per heavy atom. The molecule has 0 fully saturated rings. The monoisotopic (exact) mass is 538 g/mol. The number of alkyl carbamates (subject to hydrolysis) is 1. The maximum absolute atomic E-state index is 14.1. The van der Waals surface area contributed by atoms with Crippen molar-refractivity contribution in [1.29, 1.82) is 0 Å². The SMILES string of the molecule is CCCCCN(C(=O)C(CCC(N)=O)NC(=O)OC(C)(C)C)C(C(=O)NCc1ccccc1)c1ccccc1. The first kappa shape index (κ1) is 31.3. The quantitative estimate of drug-likeness (QED) is 0.310. The summed E-state index contributed by atoms with van der Waals surface area (Å²) in [7, 11) is 0. The maximum Gasteiger partial charge on any atom is 0.408 e. The van der Waals surface area contributed by atoms with Crippen LogP contribution in [0.25, 0.3) is 0 Å². The first-order valence-corrected chi connectivity index (χ1v) is 13.5. The predicted molar refractivity (Wildman–Crippen MR) is 150 cm³/mol. The fourth-order valence-electron chi connectivity index (χ4n) is 4.08. The minimum Gasteiger partial charge on any atom is -0.444 e. The molecule has 2 aromatic carbocycles. The lowest BCUT2D eigenvalue weighted by Gasteiger charge is -2.34. The third-order valence-corrected chi connectivity index (χ3v) is 5.94. The molecule has 0 aliphatic heterocycles. The normalized spacial score (nSPS) is 12.6. The molecule has 0 saturated carbocycles. The molecule has 0 radical (unpaired) electrons. The van der Waals surface area contributed by atoms with E-state index in [4.69, 9.17) is 10.5 Å². The molecule has 212 valence electrons. The minimum atomic E-state index is -1.11. The summed E-state index contributed by atoms with van der Waals surface area (Å²) in [5, 5.41) is 5.58. The highest BCUT2D eigenvalue weighted by Crippen LogP contribution is 2.24. The highest BCUT2D eigenvalue weighted by atomic mass is 16.6. The summed E-state index contributed by atoms with van der Waals surface area (Å²) in [4.78, 5) is 53.5. The lowest BCUT2D eigenvalue weighted by atomic mass is 10.0. The summed E-state index contributed by atoms with van der Waals surface area (Å²) >= 11 is 0. The number of primary amides is 1. The van der Waals surface area contributed by atoms with Crippen LogP contribution >= 0.6 is 0 Å². The van der Waals surface area contributed by atoms with Crippen LogP contribution in [0.1, 0.15) is 77.0 Å². The van der Waals surface area contributed by atoms with Crippen LogP contribution in [0.3, 0.4) is 0 Å². The summed E-state index contributed by atoms with van der Waals surface area (Å²) < 4.78 is 5.37. The number of hydrogen-bond acceptors (Lipinski definition) is 5. The highest BCUT2D eigenvalue weighted by molar-refractivity contribution is 5.92. The number of rotatable bonds is 14. The van der Waals surface area contributed by atoms with Gasteiger partial charge in [0.1, 0.15) is 17.7 Å². The molecule has 0 aliphatic rings. The molecule has 0 heterocycles. The Labute approximate surface area is 231 Å². The predicted octanol–water partition coefficient (Wildman–Crippen LogP) is 4.22. The van der Waals surface area contributed by atoms with Gasteiger partial charge in [-0.3, -0.25) is 14.4 Å². The van der Waals surface area contributed by atoms with Crippen LogP contribution in [-0.4, -0.2) is 46.9 Å². The lowest BCUT2D eigenvalue weighted by molar-refractivity contribution is -0.143. The zero-order chi connectivity index (χ0) is 28.8. The van der Waals surface area contributed by atoms with Crippen molar-refractivity contribution < 1.29 is 23.9 Å². The number of amides is 4. The molecule has 4 amide bonds. The van der Waals surface area contributed by atoms with Crippen LogP contribution in [0, 0.1) is 0 Å². The van der Waals surface area contributed by atoms with Gasteiger partial charge in [0.2, 0.25) is 17.7 Å². The first-order valence-electron chi connectivity index (χ1n) is 13.5. The van der Waals surface area contributed by atoms with Crippen molar-refractivity contribution in [2.75, 3.05) is 6.54 Å². The smallest absolute Gasteiger partial charge is 0.408 e. The molecule has 9 heteroatoms. The van der Waals surface area contributed by atoms with E-state index >= 15 is 0 Å². The average molecular weight is 539 g/mol. The Morgan fingerprint density at radius 3 is 2.13 bits per heavy atom. The van der Waals surface area contributed by atoms with E-state index in [2.05, 4.69) is 10.6 Å². The summed E-state index contributed by atoms with van der Waals surface area (Å²) in [6, 6.07) is 16.5. The average Bonchev–Trinajstić information content (AvgIpc) is 2.89. The van der Waals surface area contributed by atoms with E-state index in [1.165, 1.54) is 4.90 Å². The Bertz CT molecular complexity index is 1070. The zero-order valence-electron chi connectivity index (χ0n) is 23.4. The fraction of sp³-hybridized carbons (Fsp3) is 0.467. The van der Waals surface area contributed by atoms with Crippen LogP contribution in [0.2, 0.25) is 0 Å². The Balaban J connectivity index is 2.43. The summed E-state index contributed by atoms with van der Waals surface area (Å²) in [5.74, 6) is -1.43. The molecular weight excluding hydrogens is 496 g/mol. The van der Waals surface area contributed by atoms with E-state index in [9.17, 15) is 19.2 Å². The van der Waals surface area contributed by atoms with Crippen LogP contribution < -0.4 is 16.4 Å². The van der Waals surface area contributed by atoms with E-state index in [1.807, 2.05) is 55.5 Å². The largest absolute Gasteiger partial charge is 0.444 e. The van der Waals surface area contributed by atoms with Crippen molar-refractivity contribution in [3.8, 4) is 0 Å². The van der Waals surface area contributed by atoms with Crippen molar-refractivity contribution in [2.45, 2.75) is 84.0 Å². The van der Waals surface area contributed by atoms with E-state index in [1.54, 1.807) is 32.9 Å². The summed E-state index contributed by atoms with van der Waals surface area (Å²) in [5.41, 5.74) is 6.15. The minimum absolute atomic E-state index is 0.0230. The molecule has 0 aromatic heterocycles. The van der Waals surface area contributed by atoms with Gasteiger partial charge in [0, 0.05) is 19.5 Å². The van der Waals surface area contributed by atoms with Crippen molar-refractivity contribution in [3.05, 3.63) is 71.8 Å². The molecule has 2 aromatic rings. The number of carbonyl (C=O) groups excluding carboxylic acids is 4.